The van der Waals surface area contributed by atoms with E-state index in [2.05, 4.69) is 18.3 Å². The molecule has 0 heterocycles. The van der Waals surface area contributed by atoms with Gasteiger partial charge in [0.1, 0.15) is 0 Å². The van der Waals surface area contributed by atoms with Gasteiger partial charge in [-0.15, -0.1) is 0 Å². The molecule has 0 spiro atoms. The molecule has 0 amide bonds. The third-order valence-corrected chi connectivity index (χ3v) is 5.77. The van der Waals surface area contributed by atoms with Crippen molar-refractivity contribution in [2.45, 2.75) is 44.9 Å². The summed E-state index contributed by atoms with van der Waals surface area (Å²) in [4.78, 5) is 0. The third-order valence-electron chi connectivity index (χ3n) is 3.62. The molecule has 1 rings (SSSR count). The molecule has 0 aromatic heterocycles. The maximum atomic E-state index is 12.1. The molecule has 1 atom stereocenters. The molecule has 0 fully saturated rings. The molecule has 1 unspecified atom stereocenters. The molecule has 0 aliphatic carbocycles. The van der Waals surface area contributed by atoms with Crippen LogP contribution in [0.1, 0.15) is 44.4 Å². The Kier molecular flexibility index (Phi) is 5.16. The van der Waals surface area contributed by atoms with Crippen LogP contribution < -0.4 is 5.32 Å². The normalized spacial score (nSPS) is 14.4. The lowest BCUT2D eigenvalue weighted by Crippen LogP contribution is -2.45. The smallest absolute Gasteiger partial charge is 0.154 e. The van der Waals surface area contributed by atoms with Crippen LogP contribution in [-0.2, 0) is 9.84 Å². The topological polar surface area (TPSA) is 46.2 Å². The summed E-state index contributed by atoms with van der Waals surface area (Å²) in [6, 6.07) is 7.85. The first-order chi connectivity index (χ1) is 8.70. The largest absolute Gasteiger partial charge is 0.309 e. The molecule has 1 aromatic carbocycles. The number of hydrogen-bond acceptors (Lipinski definition) is 3. The van der Waals surface area contributed by atoms with Gasteiger partial charge in [0.05, 0.1) is 10.8 Å². The number of sulfone groups is 1. The van der Waals surface area contributed by atoms with Crippen LogP contribution in [0.15, 0.2) is 24.3 Å². The van der Waals surface area contributed by atoms with Gasteiger partial charge in [-0.25, -0.2) is 8.42 Å². The number of rotatable bonds is 6. The van der Waals surface area contributed by atoms with Crippen molar-refractivity contribution >= 4 is 9.84 Å². The van der Waals surface area contributed by atoms with Gasteiger partial charge in [0.25, 0.3) is 0 Å². The molecule has 0 saturated heterocycles. The second-order valence-electron chi connectivity index (χ2n) is 5.68. The van der Waals surface area contributed by atoms with E-state index in [0.29, 0.717) is 0 Å². The van der Waals surface area contributed by atoms with E-state index < -0.39 is 14.6 Å². The van der Waals surface area contributed by atoms with Crippen molar-refractivity contribution in [3.63, 3.8) is 0 Å². The first-order valence-corrected chi connectivity index (χ1v) is 8.59. The van der Waals surface area contributed by atoms with Crippen molar-refractivity contribution in [1.29, 1.82) is 0 Å². The number of aryl methyl sites for hydroxylation is 1. The summed E-state index contributed by atoms with van der Waals surface area (Å²) < 4.78 is 23.3. The zero-order chi connectivity index (χ0) is 14.7. The van der Waals surface area contributed by atoms with Crippen molar-refractivity contribution in [2.24, 2.45) is 0 Å². The molecule has 108 valence electrons. The standard InChI is InChI=1S/C15H25NO2S/c1-6-10-16-14(15(3,4)19(5,17)18)13-9-7-8-12(2)11-13/h7-9,11,14,16H,6,10H2,1-5H3. The molecule has 4 heteroatoms. The fraction of sp³-hybridized carbons (Fsp3) is 0.600. The zero-order valence-corrected chi connectivity index (χ0v) is 13.3. The summed E-state index contributed by atoms with van der Waals surface area (Å²) in [7, 11) is -3.16. The van der Waals surface area contributed by atoms with E-state index in [1.54, 1.807) is 13.8 Å². The molecule has 19 heavy (non-hydrogen) atoms. The van der Waals surface area contributed by atoms with E-state index in [1.165, 1.54) is 6.26 Å². The van der Waals surface area contributed by atoms with Crippen molar-refractivity contribution in [3.05, 3.63) is 35.4 Å². The quantitative estimate of drug-likeness (QED) is 0.873. The Morgan fingerprint density at radius 2 is 1.95 bits per heavy atom. The predicted octanol–water partition coefficient (Wildman–Crippen LogP) is 2.86. The molecule has 0 aliphatic heterocycles. The van der Waals surface area contributed by atoms with E-state index in [4.69, 9.17) is 0 Å². The molecule has 1 N–H and O–H groups in total. The van der Waals surface area contributed by atoms with Crippen LogP contribution in [0.5, 0.6) is 0 Å². The molecular weight excluding hydrogens is 258 g/mol. The lowest BCUT2D eigenvalue weighted by molar-refractivity contribution is 0.420. The molecule has 0 saturated carbocycles. The fourth-order valence-electron chi connectivity index (χ4n) is 2.12. The highest BCUT2D eigenvalue weighted by Gasteiger charge is 2.39. The fourth-order valence-corrected chi connectivity index (χ4v) is 2.77. The number of nitrogens with one attached hydrogen (secondary N) is 1. The lowest BCUT2D eigenvalue weighted by atomic mass is 9.94. The highest BCUT2D eigenvalue weighted by molar-refractivity contribution is 7.92. The highest BCUT2D eigenvalue weighted by Crippen LogP contribution is 2.32. The molecule has 0 radical (unpaired) electrons. The predicted molar refractivity (Wildman–Crippen MR) is 81.1 cm³/mol. The molecule has 3 nitrogen and oxygen atoms in total. The monoisotopic (exact) mass is 283 g/mol. The maximum absolute atomic E-state index is 12.1. The van der Waals surface area contributed by atoms with Crippen molar-refractivity contribution < 1.29 is 8.42 Å². The minimum absolute atomic E-state index is 0.192. The third kappa shape index (κ3) is 3.80. The van der Waals surface area contributed by atoms with Gasteiger partial charge >= 0.3 is 0 Å². The maximum Gasteiger partial charge on any atom is 0.154 e. The second kappa shape index (κ2) is 6.06. The van der Waals surface area contributed by atoms with E-state index >= 15 is 0 Å². The number of hydrogen-bond donors (Lipinski definition) is 1. The average molecular weight is 283 g/mol. The average Bonchev–Trinajstić information content (AvgIpc) is 2.28. The van der Waals surface area contributed by atoms with Crippen LogP contribution >= 0.6 is 0 Å². The Morgan fingerprint density at radius 3 is 2.42 bits per heavy atom. The molecular formula is C15H25NO2S. The summed E-state index contributed by atoms with van der Waals surface area (Å²) in [6.07, 6.45) is 2.28. The van der Waals surface area contributed by atoms with Gasteiger partial charge in [0.2, 0.25) is 0 Å². The summed E-state index contributed by atoms with van der Waals surface area (Å²) >= 11 is 0. The SMILES string of the molecule is CCCNC(c1cccc(C)c1)C(C)(C)S(C)(=O)=O. The Labute approximate surface area is 117 Å². The van der Waals surface area contributed by atoms with Gasteiger partial charge < -0.3 is 5.32 Å². The van der Waals surface area contributed by atoms with Crippen LogP contribution in [0.25, 0.3) is 0 Å². The molecule has 1 aromatic rings. The van der Waals surface area contributed by atoms with Crippen LogP contribution in [0.4, 0.5) is 0 Å². The summed E-state index contributed by atoms with van der Waals surface area (Å²) in [5, 5.41) is 3.38. The second-order valence-corrected chi connectivity index (χ2v) is 8.27. The van der Waals surface area contributed by atoms with Gasteiger partial charge in [0.15, 0.2) is 9.84 Å². The van der Waals surface area contributed by atoms with Crippen molar-refractivity contribution in [2.75, 3.05) is 12.8 Å². The minimum atomic E-state index is -3.16. The Morgan fingerprint density at radius 1 is 1.32 bits per heavy atom. The summed E-state index contributed by atoms with van der Waals surface area (Å²) in [6.45, 7) is 8.48. The Bertz CT molecular complexity index is 521. The highest BCUT2D eigenvalue weighted by atomic mass is 32.2. The first-order valence-electron chi connectivity index (χ1n) is 6.69. The van der Waals surface area contributed by atoms with Gasteiger partial charge in [-0.1, -0.05) is 36.8 Å². The minimum Gasteiger partial charge on any atom is -0.309 e. The molecule has 0 aliphatic rings. The van der Waals surface area contributed by atoms with Gasteiger partial charge in [-0.3, -0.25) is 0 Å². The first kappa shape index (κ1) is 16.2. The van der Waals surface area contributed by atoms with Crippen LogP contribution in [0.3, 0.4) is 0 Å². The van der Waals surface area contributed by atoms with Crippen LogP contribution in [0, 0.1) is 6.92 Å². The Hall–Kier alpha value is -0.870. The summed E-state index contributed by atoms with van der Waals surface area (Å²) in [5.41, 5.74) is 2.17. The van der Waals surface area contributed by atoms with Crippen molar-refractivity contribution in [3.8, 4) is 0 Å². The van der Waals surface area contributed by atoms with Gasteiger partial charge in [-0.05, 0) is 39.3 Å². The lowest BCUT2D eigenvalue weighted by Gasteiger charge is -2.34. The van der Waals surface area contributed by atoms with Crippen LogP contribution in [-0.4, -0.2) is 26.0 Å². The van der Waals surface area contributed by atoms with E-state index in [-0.39, 0.29) is 6.04 Å². The molecule has 0 bridgehead atoms. The van der Waals surface area contributed by atoms with Crippen molar-refractivity contribution in [1.82, 2.24) is 5.32 Å². The van der Waals surface area contributed by atoms with E-state index in [1.807, 2.05) is 25.1 Å². The van der Waals surface area contributed by atoms with Gasteiger partial charge in [0, 0.05) is 6.26 Å². The Balaban J connectivity index is 3.22. The van der Waals surface area contributed by atoms with E-state index in [0.717, 1.165) is 24.1 Å². The summed E-state index contributed by atoms with van der Waals surface area (Å²) in [5.74, 6) is 0. The van der Waals surface area contributed by atoms with Crippen LogP contribution in [0.2, 0.25) is 0 Å². The van der Waals surface area contributed by atoms with Gasteiger partial charge in [-0.2, -0.15) is 0 Å². The zero-order valence-electron chi connectivity index (χ0n) is 12.5. The van der Waals surface area contributed by atoms with E-state index in [9.17, 15) is 8.42 Å². The number of benzene rings is 1.